The smallest absolute Gasteiger partial charge is 0.318 e. The number of rotatable bonds is 5. The summed E-state index contributed by atoms with van der Waals surface area (Å²) in [6, 6.07) is 0. The minimum Gasteiger partial charge on any atom is -0.465 e. The van der Waals surface area contributed by atoms with Crippen LogP contribution in [-0.2, 0) is 20.3 Å². The lowest BCUT2D eigenvalue weighted by molar-refractivity contribution is -0.139. The summed E-state index contributed by atoms with van der Waals surface area (Å²) in [6.45, 7) is 7.97. The first-order valence-electron chi connectivity index (χ1n) is 4.51. The van der Waals surface area contributed by atoms with Crippen molar-refractivity contribution in [3.63, 3.8) is 0 Å². The zero-order valence-corrected chi connectivity index (χ0v) is 9.52. The monoisotopic (exact) mass is 206 g/mol. The Morgan fingerprint density at radius 2 is 1.92 bits per heavy atom. The summed E-state index contributed by atoms with van der Waals surface area (Å²) in [6.07, 6.45) is 0. The number of hydrogen-bond acceptors (Lipinski definition) is 3. The molecule has 0 amide bonds. The number of carbonyl (C=O) groups excluding carboxylic acids is 1. The van der Waals surface area contributed by atoms with Gasteiger partial charge in [0.05, 0.1) is 6.61 Å². The van der Waals surface area contributed by atoms with Gasteiger partial charge in [0.1, 0.15) is 5.75 Å². The first kappa shape index (κ1) is 12.6. The normalized spacial score (nSPS) is 15.5. The molecular formula is C9H18O3S. The van der Waals surface area contributed by atoms with Crippen LogP contribution >= 0.6 is 0 Å². The zero-order valence-electron chi connectivity index (χ0n) is 8.70. The molecule has 0 heterocycles. The van der Waals surface area contributed by atoms with Gasteiger partial charge >= 0.3 is 5.97 Å². The summed E-state index contributed by atoms with van der Waals surface area (Å²) in [5.74, 6) is -0.0173. The van der Waals surface area contributed by atoms with Crippen LogP contribution < -0.4 is 0 Å². The van der Waals surface area contributed by atoms with Gasteiger partial charge < -0.3 is 4.74 Å². The quantitative estimate of drug-likeness (QED) is 0.638. The van der Waals surface area contributed by atoms with E-state index < -0.39 is 10.8 Å². The summed E-state index contributed by atoms with van der Waals surface area (Å²) in [4.78, 5) is 11.0. The minimum absolute atomic E-state index is 0.0210. The molecule has 0 N–H and O–H groups in total. The number of hydrogen-bond donors (Lipinski definition) is 0. The molecular weight excluding hydrogens is 188 g/mol. The van der Waals surface area contributed by atoms with Crippen LogP contribution in [0.25, 0.3) is 0 Å². The van der Waals surface area contributed by atoms with Crippen molar-refractivity contribution >= 4 is 16.8 Å². The topological polar surface area (TPSA) is 43.4 Å². The van der Waals surface area contributed by atoms with E-state index in [1.165, 1.54) is 0 Å². The van der Waals surface area contributed by atoms with Crippen molar-refractivity contribution in [1.82, 2.24) is 0 Å². The SMILES string of the molecule is CCOC(=O)CS(=O)C(C)C(C)C. The zero-order chi connectivity index (χ0) is 10.4. The van der Waals surface area contributed by atoms with Crippen molar-refractivity contribution < 1.29 is 13.7 Å². The Bertz CT molecular complexity index is 189. The maximum atomic E-state index is 11.5. The summed E-state index contributed by atoms with van der Waals surface area (Å²) in [7, 11) is -1.10. The standard InChI is InChI=1S/C9H18O3S/c1-5-12-9(10)6-13(11)8(4)7(2)3/h7-8H,5-6H2,1-4H3. The maximum absolute atomic E-state index is 11.5. The lowest BCUT2D eigenvalue weighted by atomic mass is 10.2. The molecule has 0 aliphatic carbocycles. The van der Waals surface area contributed by atoms with Gasteiger partial charge in [0.15, 0.2) is 0 Å². The second-order valence-corrected chi connectivity index (χ2v) is 5.07. The predicted molar refractivity (Wildman–Crippen MR) is 53.9 cm³/mol. The fraction of sp³-hybridized carbons (Fsp3) is 0.889. The van der Waals surface area contributed by atoms with Gasteiger partial charge in [0.25, 0.3) is 0 Å². The summed E-state index contributed by atoms with van der Waals surface area (Å²) < 4.78 is 16.2. The molecule has 2 unspecified atom stereocenters. The van der Waals surface area contributed by atoms with Crippen molar-refractivity contribution in [2.75, 3.05) is 12.4 Å². The maximum Gasteiger partial charge on any atom is 0.318 e. The summed E-state index contributed by atoms with van der Waals surface area (Å²) >= 11 is 0. The highest BCUT2D eigenvalue weighted by Crippen LogP contribution is 2.08. The lowest BCUT2D eigenvalue weighted by Crippen LogP contribution is -2.25. The Hall–Kier alpha value is -0.380. The van der Waals surface area contributed by atoms with Gasteiger partial charge in [-0.2, -0.15) is 0 Å². The van der Waals surface area contributed by atoms with E-state index in [0.29, 0.717) is 12.5 Å². The van der Waals surface area contributed by atoms with Crippen LogP contribution in [0.2, 0.25) is 0 Å². The highest BCUT2D eigenvalue weighted by Gasteiger charge is 2.18. The molecule has 0 saturated heterocycles. The first-order valence-corrected chi connectivity index (χ1v) is 5.90. The van der Waals surface area contributed by atoms with Gasteiger partial charge in [0.2, 0.25) is 0 Å². The molecule has 0 rings (SSSR count). The van der Waals surface area contributed by atoms with Crippen LogP contribution in [0.5, 0.6) is 0 Å². The van der Waals surface area contributed by atoms with E-state index in [0.717, 1.165) is 0 Å². The molecule has 0 aromatic rings. The highest BCUT2D eigenvalue weighted by molar-refractivity contribution is 7.86. The Balaban J connectivity index is 3.93. The Kier molecular flexibility index (Phi) is 5.95. The molecule has 2 atom stereocenters. The van der Waals surface area contributed by atoms with Gasteiger partial charge in [-0.05, 0) is 12.8 Å². The predicted octanol–water partition coefficient (Wildman–Crippen LogP) is 1.34. The van der Waals surface area contributed by atoms with E-state index in [1.54, 1.807) is 6.92 Å². The average molecular weight is 206 g/mol. The van der Waals surface area contributed by atoms with Crippen LogP contribution in [0.1, 0.15) is 27.7 Å². The third kappa shape index (κ3) is 5.03. The van der Waals surface area contributed by atoms with Gasteiger partial charge in [-0.25, -0.2) is 0 Å². The van der Waals surface area contributed by atoms with Crippen LogP contribution in [0.3, 0.4) is 0 Å². The molecule has 0 radical (unpaired) electrons. The van der Waals surface area contributed by atoms with E-state index >= 15 is 0 Å². The molecule has 4 heteroatoms. The molecule has 0 bridgehead atoms. The van der Waals surface area contributed by atoms with Crippen LogP contribution in [0.4, 0.5) is 0 Å². The second kappa shape index (κ2) is 6.13. The van der Waals surface area contributed by atoms with Crippen molar-refractivity contribution in [2.24, 2.45) is 5.92 Å². The number of carbonyl (C=O) groups is 1. The number of ether oxygens (including phenoxy) is 1. The van der Waals surface area contributed by atoms with E-state index in [2.05, 4.69) is 0 Å². The highest BCUT2D eigenvalue weighted by atomic mass is 32.2. The molecule has 0 fully saturated rings. The Labute approximate surface area is 82.3 Å². The third-order valence-corrected chi connectivity index (χ3v) is 3.81. The van der Waals surface area contributed by atoms with Crippen molar-refractivity contribution in [3.05, 3.63) is 0 Å². The van der Waals surface area contributed by atoms with Crippen molar-refractivity contribution in [3.8, 4) is 0 Å². The van der Waals surface area contributed by atoms with Gasteiger partial charge in [-0.3, -0.25) is 9.00 Å². The molecule has 0 aromatic carbocycles. The van der Waals surface area contributed by atoms with Gasteiger partial charge in [-0.15, -0.1) is 0 Å². The number of esters is 1. The van der Waals surface area contributed by atoms with Crippen LogP contribution in [0, 0.1) is 5.92 Å². The largest absolute Gasteiger partial charge is 0.465 e. The fourth-order valence-electron chi connectivity index (χ4n) is 0.754. The second-order valence-electron chi connectivity index (χ2n) is 3.28. The molecule has 0 saturated carbocycles. The van der Waals surface area contributed by atoms with Crippen LogP contribution in [0.15, 0.2) is 0 Å². The van der Waals surface area contributed by atoms with E-state index in [1.807, 2.05) is 20.8 Å². The first-order chi connectivity index (χ1) is 5.99. The van der Waals surface area contributed by atoms with Crippen molar-refractivity contribution in [1.29, 1.82) is 0 Å². The van der Waals surface area contributed by atoms with Gasteiger partial charge in [0, 0.05) is 16.0 Å². The van der Waals surface area contributed by atoms with E-state index in [-0.39, 0.29) is 17.0 Å². The summed E-state index contributed by atoms with van der Waals surface area (Å²) in [5.41, 5.74) is 0. The van der Waals surface area contributed by atoms with Crippen LogP contribution in [-0.4, -0.2) is 27.8 Å². The Morgan fingerprint density at radius 1 is 1.38 bits per heavy atom. The minimum atomic E-state index is -1.10. The average Bonchev–Trinajstić information content (AvgIpc) is 2.03. The molecule has 78 valence electrons. The third-order valence-electron chi connectivity index (χ3n) is 1.92. The lowest BCUT2D eigenvalue weighted by Gasteiger charge is -2.14. The van der Waals surface area contributed by atoms with E-state index in [9.17, 15) is 9.00 Å². The Morgan fingerprint density at radius 3 is 2.31 bits per heavy atom. The molecule has 13 heavy (non-hydrogen) atoms. The summed E-state index contributed by atoms with van der Waals surface area (Å²) in [5, 5.41) is 0.0457. The molecule has 0 spiro atoms. The molecule has 0 aliphatic rings. The molecule has 3 nitrogen and oxygen atoms in total. The fourth-order valence-corrected chi connectivity index (χ4v) is 1.94. The molecule has 0 aliphatic heterocycles. The van der Waals surface area contributed by atoms with E-state index in [4.69, 9.17) is 4.74 Å². The van der Waals surface area contributed by atoms with Gasteiger partial charge in [-0.1, -0.05) is 20.8 Å². The molecule has 0 aromatic heterocycles. The van der Waals surface area contributed by atoms with Crippen molar-refractivity contribution in [2.45, 2.75) is 32.9 Å².